The largest absolute Gasteiger partial charge is 0.508 e. The summed E-state index contributed by atoms with van der Waals surface area (Å²) in [5.74, 6) is -0.829. The zero-order chi connectivity index (χ0) is 21.1. The molecule has 1 aliphatic carbocycles. The third-order valence-corrected chi connectivity index (χ3v) is 5.67. The number of benzene rings is 2. The summed E-state index contributed by atoms with van der Waals surface area (Å²) in [6.07, 6.45) is 2.65. The Morgan fingerprint density at radius 2 is 1.93 bits per heavy atom. The minimum absolute atomic E-state index is 0.0409. The normalized spacial score (nSPS) is 18.7. The molecule has 0 fully saturated rings. The maximum atomic E-state index is 13.1. The van der Waals surface area contributed by atoms with Crippen LogP contribution in [-0.4, -0.2) is 23.5 Å². The van der Waals surface area contributed by atoms with E-state index in [0.717, 1.165) is 24.1 Å². The summed E-state index contributed by atoms with van der Waals surface area (Å²) >= 11 is 0. The van der Waals surface area contributed by atoms with Crippen LogP contribution in [0.2, 0.25) is 0 Å². The van der Waals surface area contributed by atoms with Crippen LogP contribution < -0.4 is 5.32 Å². The molecule has 5 heteroatoms. The van der Waals surface area contributed by atoms with Crippen LogP contribution in [-0.2, 0) is 20.7 Å². The SMILES string of the molecule is CC1=C(C(=O)OCCc2ccccc2)[C@H](c2cccc(O)c2)C2=C(CCCC2=O)N1. The fraction of sp³-hybridized carbons (Fsp3) is 0.280. The van der Waals surface area contributed by atoms with Crippen molar-refractivity contribution in [3.63, 3.8) is 0 Å². The molecule has 4 rings (SSSR count). The van der Waals surface area contributed by atoms with Gasteiger partial charge in [-0.25, -0.2) is 4.79 Å². The molecule has 1 atom stereocenters. The summed E-state index contributed by atoms with van der Waals surface area (Å²) in [5.41, 5.74) is 4.43. The van der Waals surface area contributed by atoms with Gasteiger partial charge >= 0.3 is 5.97 Å². The smallest absolute Gasteiger partial charge is 0.336 e. The van der Waals surface area contributed by atoms with Gasteiger partial charge in [-0.05, 0) is 43.0 Å². The number of aromatic hydroxyl groups is 1. The molecular formula is C25H25NO4. The molecule has 2 aromatic carbocycles. The maximum Gasteiger partial charge on any atom is 0.336 e. The summed E-state index contributed by atoms with van der Waals surface area (Å²) < 4.78 is 5.62. The summed E-state index contributed by atoms with van der Waals surface area (Å²) in [7, 11) is 0. The monoisotopic (exact) mass is 403 g/mol. The van der Waals surface area contributed by atoms with E-state index in [2.05, 4.69) is 5.32 Å². The van der Waals surface area contributed by atoms with Crippen molar-refractivity contribution >= 4 is 11.8 Å². The average Bonchev–Trinajstić information content (AvgIpc) is 2.73. The second kappa shape index (κ2) is 8.57. The van der Waals surface area contributed by atoms with E-state index in [0.29, 0.717) is 35.2 Å². The second-order valence-electron chi connectivity index (χ2n) is 7.73. The van der Waals surface area contributed by atoms with Crippen molar-refractivity contribution in [1.82, 2.24) is 5.32 Å². The zero-order valence-corrected chi connectivity index (χ0v) is 17.0. The lowest BCUT2D eigenvalue weighted by atomic mass is 9.75. The molecule has 0 amide bonds. The zero-order valence-electron chi connectivity index (χ0n) is 17.0. The van der Waals surface area contributed by atoms with Crippen molar-refractivity contribution < 1.29 is 19.4 Å². The lowest BCUT2D eigenvalue weighted by Crippen LogP contribution is -2.34. The highest BCUT2D eigenvalue weighted by Gasteiger charge is 2.39. The van der Waals surface area contributed by atoms with Crippen LogP contribution in [0.15, 0.2) is 77.1 Å². The van der Waals surface area contributed by atoms with Crippen LogP contribution in [0.5, 0.6) is 5.75 Å². The predicted molar refractivity (Wildman–Crippen MR) is 114 cm³/mol. The molecule has 154 valence electrons. The Balaban J connectivity index is 1.64. The maximum absolute atomic E-state index is 13.1. The number of phenolic OH excluding ortho intramolecular Hbond substituents is 1. The molecule has 0 radical (unpaired) electrons. The molecule has 2 aromatic rings. The topological polar surface area (TPSA) is 75.6 Å². The molecule has 0 spiro atoms. The summed E-state index contributed by atoms with van der Waals surface area (Å²) in [5, 5.41) is 13.3. The van der Waals surface area contributed by atoms with Gasteiger partial charge in [0.1, 0.15) is 5.75 Å². The first-order chi connectivity index (χ1) is 14.5. The van der Waals surface area contributed by atoms with E-state index in [1.165, 1.54) is 0 Å². The Morgan fingerprint density at radius 3 is 2.70 bits per heavy atom. The van der Waals surface area contributed by atoms with Gasteiger partial charge in [-0.3, -0.25) is 4.79 Å². The van der Waals surface area contributed by atoms with Crippen LogP contribution in [0.3, 0.4) is 0 Å². The molecular weight excluding hydrogens is 378 g/mol. The number of dihydropyridines is 1. The Morgan fingerprint density at radius 1 is 1.13 bits per heavy atom. The van der Waals surface area contributed by atoms with E-state index in [4.69, 9.17) is 4.74 Å². The van der Waals surface area contributed by atoms with E-state index < -0.39 is 11.9 Å². The highest BCUT2D eigenvalue weighted by atomic mass is 16.5. The van der Waals surface area contributed by atoms with Crippen molar-refractivity contribution in [2.45, 2.75) is 38.5 Å². The number of phenols is 1. The lowest BCUT2D eigenvalue weighted by Gasteiger charge is -2.34. The van der Waals surface area contributed by atoms with Gasteiger partial charge in [-0.1, -0.05) is 42.5 Å². The van der Waals surface area contributed by atoms with Crippen LogP contribution in [0.1, 0.15) is 43.2 Å². The summed E-state index contributed by atoms with van der Waals surface area (Å²) in [6, 6.07) is 16.6. The predicted octanol–water partition coefficient (Wildman–Crippen LogP) is 4.15. The minimum Gasteiger partial charge on any atom is -0.508 e. The molecule has 30 heavy (non-hydrogen) atoms. The minimum atomic E-state index is -0.537. The molecule has 1 aliphatic heterocycles. The van der Waals surface area contributed by atoms with Crippen LogP contribution in [0.25, 0.3) is 0 Å². The molecule has 0 saturated heterocycles. The first-order valence-electron chi connectivity index (χ1n) is 10.3. The van der Waals surface area contributed by atoms with E-state index >= 15 is 0 Å². The quantitative estimate of drug-likeness (QED) is 0.734. The number of carbonyl (C=O) groups is 2. The Hall–Kier alpha value is -3.34. The van der Waals surface area contributed by atoms with Crippen molar-refractivity contribution in [3.8, 4) is 5.75 Å². The number of nitrogens with one attached hydrogen (secondary N) is 1. The van der Waals surface area contributed by atoms with Gasteiger partial charge in [0.15, 0.2) is 5.78 Å². The molecule has 0 aromatic heterocycles. The third-order valence-electron chi connectivity index (χ3n) is 5.67. The van der Waals surface area contributed by atoms with Gasteiger partial charge < -0.3 is 15.2 Å². The Labute approximate surface area is 176 Å². The van der Waals surface area contributed by atoms with Crippen molar-refractivity contribution in [3.05, 3.63) is 88.3 Å². The van der Waals surface area contributed by atoms with Crippen molar-refractivity contribution in [2.75, 3.05) is 6.61 Å². The molecule has 0 unspecified atom stereocenters. The van der Waals surface area contributed by atoms with Crippen molar-refractivity contribution in [2.24, 2.45) is 0 Å². The lowest BCUT2D eigenvalue weighted by molar-refractivity contribution is -0.139. The fourth-order valence-corrected chi connectivity index (χ4v) is 4.28. The highest BCUT2D eigenvalue weighted by Crippen LogP contribution is 2.43. The average molecular weight is 403 g/mol. The van der Waals surface area contributed by atoms with Crippen LogP contribution in [0.4, 0.5) is 0 Å². The Bertz CT molecular complexity index is 1040. The number of rotatable bonds is 5. The van der Waals surface area contributed by atoms with Gasteiger partial charge in [0.25, 0.3) is 0 Å². The van der Waals surface area contributed by atoms with Gasteiger partial charge in [0.05, 0.1) is 12.2 Å². The second-order valence-corrected chi connectivity index (χ2v) is 7.73. The number of hydrogen-bond donors (Lipinski definition) is 2. The molecule has 2 aliphatic rings. The van der Waals surface area contributed by atoms with Crippen LogP contribution in [0, 0.1) is 0 Å². The number of carbonyl (C=O) groups excluding carboxylic acids is 2. The molecule has 5 nitrogen and oxygen atoms in total. The standard InChI is InChI=1S/C25H25NO4/c1-16-22(25(29)30-14-13-17-7-3-2-4-8-17)23(18-9-5-10-19(27)15-18)24-20(26-16)11-6-12-21(24)28/h2-5,7-10,15,23,26-27H,6,11-14H2,1H3/t23-/m0/s1. The summed E-state index contributed by atoms with van der Waals surface area (Å²) in [6.45, 7) is 2.10. The van der Waals surface area contributed by atoms with Gasteiger partial charge in [0, 0.05) is 35.7 Å². The first-order valence-corrected chi connectivity index (χ1v) is 10.3. The van der Waals surface area contributed by atoms with E-state index in [-0.39, 0.29) is 18.1 Å². The number of ketones is 1. The molecule has 1 heterocycles. The number of allylic oxidation sites excluding steroid dienone is 3. The molecule has 0 saturated carbocycles. The van der Waals surface area contributed by atoms with Gasteiger partial charge in [0.2, 0.25) is 0 Å². The number of hydrogen-bond acceptors (Lipinski definition) is 5. The summed E-state index contributed by atoms with van der Waals surface area (Å²) in [4.78, 5) is 26.0. The van der Waals surface area contributed by atoms with E-state index in [1.54, 1.807) is 18.2 Å². The van der Waals surface area contributed by atoms with Crippen LogP contribution >= 0.6 is 0 Å². The number of esters is 1. The number of ether oxygens (including phenoxy) is 1. The highest BCUT2D eigenvalue weighted by molar-refractivity contribution is 6.03. The third kappa shape index (κ3) is 4.01. The molecule has 0 bridgehead atoms. The van der Waals surface area contributed by atoms with E-state index in [9.17, 15) is 14.7 Å². The van der Waals surface area contributed by atoms with E-state index in [1.807, 2.05) is 43.3 Å². The van der Waals surface area contributed by atoms with Gasteiger partial charge in [-0.2, -0.15) is 0 Å². The fourth-order valence-electron chi connectivity index (χ4n) is 4.28. The Kier molecular flexibility index (Phi) is 5.70. The number of Topliss-reactive ketones (excluding diaryl/α,β-unsaturated/α-hetero) is 1. The van der Waals surface area contributed by atoms with Gasteiger partial charge in [-0.15, -0.1) is 0 Å². The van der Waals surface area contributed by atoms with Crippen molar-refractivity contribution in [1.29, 1.82) is 0 Å². The molecule has 2 N–H and O–H groups in total. The first kappa shape index (κ1) is 20.0.